The Labute approximate surface area is 101 Å². The van der Waals surface area contributed by atoms with Gasteiger partial charge in [-0.2, -0.15) is 0 Å². The van der Waals surface area contributed by atoms with Crippen LogP contribution < -0.4 is 4.74 Å². The van der Waals surface area contributed by atoms with Crippen LogP contribution in [0.25, 0.3) is 0 Å². The first-order chi connectivity index (χ1) is 8.02. The van der Waals surface area contributed by atoms with E-state index < -0.39 is 10.9 Å². The van der Waals surface area contributed by atoms with Crippen molar-refractivity contribution >= 4 is 23.3 Å². The predicted octanol–water partition coefficient (Wildman–Crippen LogP) is 2.27. The molecule has 1 aromatic carbocycles. The van der Waals surface area contributed by atoms with Gasteiger partial charge in [0.2, 0.25) is 5.75 Å². The Morgan fingerprint density at radius 3 is 2.88 bits per heavy atom. The zero-order valence-electron chi connectivity index (χ0n) is 8.50. The highest BCUT2D eigenvalue weighted by atomic mass is 35.5. The number of hydrogen-bond acceptors (Lipinski definition) is 4. The Kier molecular flexibility index (Phi) is 4.47. The van der Waals surface area contributed by atoms with Crippen LogP contribution in [0.1, 0.15) is 0 Å². The molecule has 17 heavy (non-hydrogen) atoms. The fourth-order valence-electron chi connectivity index (χ4n) is 1.06. The van der Waals surface area contributed by atoms with E-state index in [1.165, 1.54) is 24.3 Å². The van der Waals surface area contributed by atoms with Crippen molar-refractivity contribution in [2.75, 3.05) is 6.61 Å². The number of hydrogen-bond donors (Lipinski definition) is 1. The molecule has 0 aromatic heterocycles. The Morgan fingerprint density at radius 1 is 1.59 bits per heavy atom. The quantitative estimate of drug-likeness (QED) is 0.496. The van der Waals surface area contributed by atoms with Crippen LogP contribution in [0.2, 0.25) is 5.02 Å². The summed E-state index contributed by atoms with van der Waals surface area (Å²) < 4.78 is 5.06. The average molecular weight is 258 g/mol. The highest BCUT2D eigenvalue weighted by Crippen LogP contribution is 2.34. The van der Waals surface area contributed by atoms with Crippen LogP contribution in [0, 0.1) is 10.1 Å². The second-order valence-electron chi connectivity index (χ2n) is 2.90. The molecule has 6 nitrogen and oxygen atoms in total. The maximum Gasteiger partial charge on any atom is 0.328 e. The molecular weight excluding hydrogens is 250 g/mol. The molecule has 0 spiro atoms. The van der Waals surface area contributed by atoms with Gasteiger partial charge in [0.25, 0.3) is 0 Å². The number of carboxylic acids is 1. The minimum absolute atomic E-state index is 0.0748. The van der Waals surface area contributed by atoms with Crippen LogP contribution in [-0.4, -0.2) is 22.6 Å². The van der Waals surface area contributed by atoms with Crippen LogP contribution in [0.5, 0.6) is 5.75 Å². The van der Waals surface area contributed by atoms with Gasteiger partial charge in [-0.05, 0) is 12.1 Å². The maximum absolute atomic E-state index is 10.7. The molecule has 1 rings (SSSR count). The summed E-state index contributed by atoms with van der Waals surface area (Å²) in [6.45, 7) is -0.114. The van der Waals surface area contributed by atoms with Crippen molar-refractivity contribution in [1.82, 2.24) is 0 Å². The van der Waals surface area contributed by atoms with E-state index in [4.69, 9.17) is 21.4 Å². The molecule has 0 saturated heterocycles. The predicted molar refractivity (Wildman–Crippen MR) is 60.4 cm³/mol. The molecule has 0 unspecified atom stereocenters. The second-order valence-corrected chi connectivity index (χ2v) is 3.30. The molecule has 90 valence electrons. The van der Waals surface area contributed by atoms with Crippen LogP contribution in [0.3, 0.4) is 0 Å². The Hall–Kier alpha value is -2.08. The molecule has 0 saturated carbocycles. The molecule has 0 aliphatic carbocycles. The minimum Gasteiger partial charge on any atom is -0.482 e. The van der Waals surface area contributed by atoms with Gasteiger partial charge in [-0.25, -0.2) is 4.79 Å². The fraction of sp³-hybridized carbons (Fsp3) is 0.100. The Bertz CT molecular complexity index is 472. The number of aliphatic carboxylic acids is 1. The molecule has 0 aliphatic rings. The zero-order chi connectivity index (χ0) is 12.8. The van der Waals surface area contributed by atoms with Gasteiger partial charge in [0.1, 0.15) is 6.61 Å². The van der Waals surface area contributed by atoms with E-state index in [1.54, 1.807) is 0 Å². The van der Waals surface area contributed by atoms with Crippen molar-refractivity contribution in [2.24, 2.45) is 0 Å². The number of halogens is 1. The number of para-hydroxylation sites is 1. The van der Waals surface area contributed by atoms with E-state index in [0.717, 1.165) is 6.08 Å². The molecule has 7 heteroatoms. The lowest BCUT2D eigenvalue weighted by molar-refractivity contribution is -0.385. The van der Waals surface area contributed by atoms with E-state index in [0.29, 0.717) is 0 Å². The van der Waals surface area contributed by atoms with Gasteiger partial charge < -0.3 is 9.84 Å². The molecule has 0 aliphatic heterocycles. The lowest BCUT2D eigenvalue weighted by atomic mass is 10.3. The largest absolute Gasteiger partial charge is 0.482 e. The van der Waals surface area contributed by atoms with Crippen molar-refractivity contribution in [3.63, 3.8) is 0 Å². The third-order valence-corrected chi connectivity index (χ3v) is 2.02. The summed E-state index contributed by atoms with van der Waals surface area (Å²) >= 11 is 5.75. The summed E-state index contributed by atoms with van der Waals surface area (Å²) in [5.74, 6) is -1.20. The number of nitro benzene ring substituents is 1. The Balaban J connectivity index is 2.82. The highest BCUT2D eigenvalue weighted by Gasteiger charge is 2.17. The third-order valence-electron chi connectivity index (χ3n) is 1.73. The van der Waals surface area contributed by atoms with Gasteiger partial charge in [0.15, 0.2) is 0 Å². The number of carboxylic acid groups (broad SMARTS) is 1. The molecule has 0 bridgehead atoms. The SMILES string of the molecule is O=C(O)/C=C/COc1c(Cl)cccc1[N+](=O)[O-]. The van der Waals surface area contributed by atoms with Gasteiger partial charge in [0, 0.05) is 12.1 Å². The van der Waals surface area contributed by atoms with E-state index in [9.17, 15) is 14.9 Å². The van der Waals surface area contributed by atoms with Crippen molar-refractivity contribution < 1.29 is 19.6 Å². The summed E-state index contributed by atoms with van der Waals surface area (Å²) in [6.07, 6.45) is 2.10. The van der Waals surface area contributed by atoms with Crippen molar-refractivity contribution in [1.29, 1.82) is 0 Å². The topological polar surface area (TPSA) is 89.7 Å². The normalized spacial score (nSPS) is 10.4. The van der Waals surface area contributed by atoms with Crippen LogP contribution >= 0.6 is 11.6 Å². The summed E-state index contributed by atoms with van der Waals surface area (Å²) in [6, 6.07) is 4.13. The number of carbonyl (C=O) groups is 1. The zero-order valence-corrected chi connectivity index (χ0v) is 9.26. The van der Waals surface area contributed by atoms with Gasteiger partial charge >= 0.3 is 11.7 Å². The first-order valence-electron chi connectivity index (χ1n) is 4.47. The number of ether oxygens (including phenoxy) is 1. The highest BCUT2D eigenvalue weighted by molar-refractivity contribution is 6.32. The molecule has 1 aromatic rings. The van der Waals surface area contributed by atoms with Gasteiger partial charge in [0.05, 0.1) is 9.95 Å². The number of nitro groups is 1. The van der Waals surface area contributed by atoms with Crippen LogP contribution in [0.4, 0.5) is 5.69 Å². The number of benzene rings is 1. The standard InChI is InChI=1S/C10H8ClNO5/c11-7-3-1-4-8(12(15)16)10(7)17-6-2-5-9(13)14/h1-5H,6H2,(H,13,14)/b5-2+. The van der Waals surface area contributed by atoms with Crippen LogP contribution in [0.15, 0.2) is 30.4 Å². The smallest absolute Gasteiger partial charge is 0.328 e. The molecular formula is C10H8ClNO5. The van der Waals surface area contributed by atoms with Gasteiger partial charge in [-0.3, -0.25) is 10.1 Å². The molecule has 0 amide bonds. The summed E-state index contributed by atoms with van der Waals surface area (Å²) in [5, 5.41) is 19.1. The Morgan fingerprint density at radius 2 is 2.29 bits per heavy atom. The van der Waals surface area contributed by atoms with E-state index in [2.05, 4.69) is 0 Å². The molecule has 0 fully saturated rings. The average Bonchev–Trinajstić information content (AvgIpc) is 2.25. The van der Waals surface area contributed by atoms with Gasteiger partial charge in [-0.1, -0.05) is 17.7 Å². The summed E-state index contributed by atoms with van der Waals surface area (Å²) in [4.78, 5) is 20.2. The lowest BCUT2D eigenvalue weighted by Crippen LogP contribution is -1.99. The first-order valence-corrected chi connectivity index (χ1v) is 4.85. The minimum atomic E-state index is -1.12. The van der Waals surface area contributed by atoms with Crippen molar-refractivity contribution in [3.05, 3.63) is 45.5 Å². The molecule has 0 radical (unpaired) electrons. The number of nitrogens with zero attached hydrogens (tertiary/aromatic N) is 1. The van der Waals surface area contributed by atoms with E-state index in [1.807, 2.05) is 0 Å². The van der Waals surface area contributed by atoms with E-state index >= 15 is 0 Å². The van der Waals surface area contributed by atoms with Gasteiger partial charge in [-0.15, -0.1) is 0 Å². The molecule has 0 atom stereocenters. The first kappa shape index (κ1) is 13.0. The summed E-state index contributed by atoms with van der Waals surface area (Å²) in [5.41, 5.74) is -0.263. The van der Waals surface area contributed by atoms with Crippen molar-refractivity contribution in [3.8, 4) is 5.75 Å². The summed E-state index contributed by atoms with van der Waals surface area (Å²) in [7, 11) is 0. The monoisotopic (exact) mass is 257 g/mol. The van der Waals surface area contributed by atoms with Crippen LogP contribution in [-0.2, 0) is 4.79 Å². The second kappa shape index (κ2) is 5.86. The maximum atomic E-state index is 10.7. The van der Waals surface area contributed by atoms with E-state index in [-0.39, 0.29) is 23.1 Å². The lowest BCUT2D eigenvalue weighted by Gasteiger charge is -2.05. The fourth-order valence-corrected chi connectivity index (χ4v) is 1.29. The van der Waals surface area contributed by atoms with Crippen molar-refractivity contribution in [2.45, 2.75) is 0 Å². The molecule has 0 heterocycles. The third kappa shape index (κ3) is 3.76. The number of rotatable bonds is 5. The molecule has 1 N–H and O–H groups in total.